The molecule has 6 nitrogen and oxygen atoms in total. The van der Waals surface area contributed by atoms with E-state index in [4.69, 9.17) is 9.47 Å². The van der Waals surface area contributed by atoms with Gasteiger partial charge in [-0.05, 0) is 62.2 Å². The third kappa shape index (κ3) is 5.15. The molecule has 0 unspecified atom stereocenters. The zero-order valence-electron chi connectivity index (χ0n) is 20.5. The molecule has 35 heavy (non-hydrogen) atoms. The van der Waals surface area contributed by atoms with Crippen LogP contribution in [0.25, 0.3) is 0 Å². The van der Waals surface area contributed by atoms with E-state index in [0.717, 1.165) is 37.9 Å². The molecule has 2 N–H and O–H groups in total. The number of nitrogens with zero attached hydrogens (tertiary/aromatic N) is 1. The van der Waals surface area contributed by atoms with Crippen LogP contribution in [-0.2, 0) is 0 Å². The van der Waals surface area contributed by atoms with Crippen molar-refractivity contribution in [3.05, 3.63) is 99.6 Å². The van der Waals surface area contributed by atoms with Gasteiger partial charge in [0.1, 0.15) is 10.8 Å². The largest absolute Gasteiger partial charge is 0.493 e. The van der Waals surface area contributed by atoms with Gasteiger partial charge < -0.3 is 20.1 Å². The SMILES string of the molecule is COc1cccc([C@@H](Nc2cc(C)ccn2)c2c(NC(=O)c3ccccc3)sc(C)c2C)c1OC. The standard InChI is InChI=1S/C28H29N3O3S/c1-17-14-15-29-23(16-17)30-25(21-12-9-13-22(33-4)26(21)34-5)24-18(2)19(3)35-28(24)31-27(32)20-10-7-6-8-11-20/h6-16,25H,1-5H3,(H,29,30)(H,31,32)/t25-/m1/s1. The number of para-hydroxylation sites is 1. The van der Waals surface area contributed by atoms with Crippen molar-refractivity contribution >= 4 is 28.1 Å². The molecule has 7 heteroatoms. The number of benzene rings is 2. The number of thiophene rings is 1. The molecule has 0 spiro atoms. The second kappa shape index (κ2) is 10.6. The summed E-state index contributed by atoms with van der Waals surface area (Å²) in [6.07, 6.45) is 1.78. The number of methoxy groups -OCH3 is 2. The number of hydrogen-bond acceptors (Lipinski definition) is 6. The molecule has 0 aliphatic carbocycles. The van der Waals surface area contributed by atoms with Crippen LogP contribution in [0.5, 0.6) is 11.5 Å². The Hall–Kier alpha value is -3.84. The number of nitrogens with one attached hydrogen (secondary N) is 2. The smallest absolute Gasteiger partial charge is 0.256 e. The lowest BCUT2D eigenvalue weighted by molar-refractivity contribution is 0.102. The summed E-state index contributed by atoms with van der Waals surface area (Å²) in [6, 6.07) is 18.6. The van der Waals surface area contributed by atoms with Gasteiger partial charge in [-0.25, -0.2) is 4.98 Å². The van der Waals surface area contributed by atoms with Crippen LogP contribution in [0.2, 0.25) is 0 Å². The van der Waals surface area contributed by atoms with Gasteiger partial charge in [0.2, 0.25) is 0 Å². The zero-order valence-corrected chi connectivity index (χ0v) is 21.3. The van der Waals surface area contributed by atoms with Gasteiger partial charge in [0, 0.05) is 27.8 Å². The summed E-state index contributed by atoms with van der Waals surface area (Å²) in [4.78, 5) is 18.7. The van der Waals surface area contributed by atoms with E-state index in [1.165, 1.54) is 0 Å². The number of aromatic nitrogens is 1. The van der Waals surface area contributed by atoms with Crippen LogP contribution in [-0.4, -0.2) is 25.1 Å². The number of amides is 1. The van der Waals surface area contributed by atoms with Crippen LogP contribution in [0.4, 0.5) is 10.8 Å². The predicted octanol–water partition coefficient (Wildman–Crippen LogP) is 6.54. The fourth-order valence-electron chi connectivity index (χ4n) is 4.06. The first kappa shape index (κ1) is 24.3. The number of carbonyl (C=O) groups is 1. The van der Waals surface area contributed by atoms with E-state index in [9.17, 15) is 4.79 Å². The lowest BCUT2D eigenvalue weighted by Gasteiger charge is -2.25. The highest BCUT2D eigenvalue weighted by Crippen LogP contribution is 2.45. The molecule has 0 bridgehead atoms. The zero-order chi connectivity index (χ0) is 24.9. The number of aryl methyl sites for hydroxylation is 2. The number of pyridine rings is 1. The molecule has 180 valence electrons. The van der Waals surface area contributed by atoms with Gasteiger partial charge in [0.05, 0.1) is 20.3 Å². The van der Waals surface area contributed by atoms with Crippen molar-refractivity contribution < 1.29 is 14.3 Å². The third-order valence-electron chi connectivity index (χ3n) is 5.94. The predicted molar refractivity (Wildman–Crippen MR) is 142 cm³/mol. The minimum absolute atomic E-state index is 0.155. The average Bonchev–Trinajstić information content (AvgIpc) is 3.14. The summed E-state index contributed by atoms with van der Waals surface area (Å²) in [7, 11) is 3.25. The topological polar surface area (TPSA) is 72.5 Å². The van der Waals surface area contributed by atoms with Crippen molar-refractivity contribution in [1.29, 1.82) is 0 Å². The maximum atomic E-state index is 13.1. The summed E-state index contributed by atoms with van der Waals surface area (Å²) in [5, 5.41) is 7.53. The molecule has 1 amide bonds. The minimum atomic E-state index is -0.356. The van der Waals surface area contributed by atoms with Crippen molar-refractivity contribution in [2.45, 2.75) is 26.8 Å². The van der Waals surface area contributed by atoms with E-state index in [1.807, 2.05) is 55.5 Å². The normalized spacial score (nSPS) is 11.6. The second-order valence-electron chi connectivity index (χ2n) is 8.22. The van der Waals surface area contributed by atoms with Crippen LogP contribution < -0.4 is 20.1 Å². The summed E-state index contributed by atoms with van der Waals surface area (Å²) in [5.74, 6) is 1.83. The van der Waals surface area contributed by atoms with Crippen LogP contribution in [0.3, 0.4) is 0 Å². The van der Waals surface area contributed by atoms with Crippen molar-refractivity contribution in [2.75, 3.05) is 24.9 Å². The Balaban J connectivity index is 1.86. The number of ether oxygens (including phenoxy) is 2. The third-order valence-corrected chi connectivity index (χ3v) is 7.07. The van der Waals surface area contributed by atoms with Gasteiger partial charge in [-0.1, -0.05) is 30.3 Å². The first-order valence-corrected chi connectivity index (χ1v) is 12.1. The fourth-order valence-corrected chi connectivity index (χ4v) is 5.15. The molecule has 2 aromatic carbocycles. The molecule has 4 aromatic rings. The van der Waals surface area contributed by atoms with Gasteiger partial charge >= 0.3 is 0 Å². The van der Waals surface area contributed by atoms with Gasteiger partial charge in [-0.3, -0.25) is 4.79 Å². The maximum absolute atomic E-state index is 13.1. The number of rotatable bonds is 8. The fraction of sp³-hybridized carbons (Fsp3) is 0.214. The molecule has 0 saturated carbocycles. The van der Waals surface area contributed by atoms with E-state index in [1.54, 1.807) is 43.9 Å². The van der Waals surface area contributed by atoms with Crippen LogP contribution >= 0.6 is 11.3 Å². The van der Waals surface area contributed by atoms with Crippen molar-refractivity contribution in [1.82, 2.24) is 4.98 Å². The first-order chi connectivity index (χ1) is 16.9. The Morgan fingerprint density at radius 2 is 1.74 bits per heavy atom. The van der Waals surface area contributed by atoms with Crippen LogP contribution in [0, 0.1) is 20.8 Å². The number of hydrogen-bond donors (Lipinski definition) is 2. The Morgan fingerprint density at radius 3 is 2.43 bits per heavy atom. The summed E-state index contributed by atoms with van der Waals surface area (Å²) >= 11 is 1.56. The van der Waals surface area contributed by atoms with Crippen molar-refractivity contribution in [3.8, 4) is 11.5 Å². The Labute approximate surface area is 210 Å². The molecule has 0 fully saturated rings. The van der Waals surface area contributed by atoms with E-state index in [-0.39, 0.29) is 11.9 Å². The molecule has 2 heterocycles. The van der Waals surface area contributed by atoms with E-state index in [0.29, 0.717) is 17.1 Å². The highest BCUT2D eigenvalue weighted by Gasteiger charge is 2.28. The van der Waals surface area contributed by atoms with Crippen molar-refractivity contribution in [3.63, 3.8) is 0 Å². The lowest BCUT2D eigenvalue weighted by atomic mass is 9.95. The molecule has 0 aliphatic rings. The van der Waals surface area contributed by atoms with Gasteiger partial charge in [0.15, 0.2) is 11.5 Å². The molecule has 4 rings (SSSR count). The van der Waals surface area contributed by atoms with Crippen molar-refractivity contribution in [2.24, 2.45) is 0 Å². The van der Waals surface area contributed by atoms with Gasteiger partial charge in [0.25, 0.3) is 5.91 Å². The Morgan fingerprint density at radius 1 is 0.971 bits per heavy atom. The number of carbonyl (C=O) groups excluding carboxylic acids is 1. The van der Waals surface area contributed by atoms with Crippen LogP contribution in [0.1, 0.15) is 43.5 Å². The highest BCUT2D eigenvalue weighted by atomic mass is 32.1. The second-order valence-corrected chi connectivity index (χ2v) is 9.45. The van der Waals surface area contributed by atoms with E-state index >= 15 is 0 Å². The molecule has 0 aliphatic heterocycles. The summed E-state index contributed by atoms with van der Waals surface area (Å²) < 4.78 is 11.4. The summed E-state index contributed by atoms with van der Waals surface area (Å²) in [6.45, 7) is 6.16. The molecular formula is C28H29N3O3S. The van der Waals surface area contributed by atoms with E-state index < -0.39 is 0 Å². The summed E-state index contributed by atoms with van der Waals surface area (Å²) in [5.41, 5.74) is 4.63. The first-order valence-electron chi connectivity index (χ1n) is 11.3. The maximum Gasteiger partial charge on any atom is 0.256 e. The average molecular weight is 488 g/mol. The molecule has 2 aromatic heterocycles. The van der Waals surface area contributed by atoms with Gasteiger partial charge in [-0.2, -0.15) is 0 Å². The molecule has 0 radical (unpaired) electrons. The Bertz CT molecular complexity index is 1330. The molecule has 1 atom stereocenters. The van der Waals surface area contributed by atoms with E-state index in [2.05, 4.69) is 29.5 Å². The van der Waals surface area contributed by atoms with Crippen LogP contribution in [0.15, 0.2) is 66.9 Å². The quantitative estimate of drug-likeness (QED) is 0.295. The number of anilines is 2. The van der Waals surface area contributed by atoms with Gasteiger partial charge in [-0.15, -0.1) is 11.3 Å². The Kier molecular flexibility index (Phi) is 7.36. The highest BCUT2D eigenvalue weighted by molar-refractivity contribution is 7.16. The minimum Gasteiger partial charge on any atom is -0.493 e. The molecular weight excluding hydrogens is 458 g/mol. The molecule has 0 saturated heterocycles. The monoisotopic (exact) mass is 487 g/mol. The lowest BCUT2D eigenvalue weighted by Crippen LogP contribution is -2.18.